The summed E-state index contributed by atoms with van der Waals surface area (Å²) in [7, 11) is 0. The smallest absolute Gasteiger partial charge is 0.234 e. The van der Waals surface area contributed by atoms with Crippen molar-refractivity contribution in [3.63, 3.8) is 0 Å². The second-order valence-electron chi connectivity index (χ2n) is 6.44. The van der Waals surface area contributed by atoms with Gasteiger partial charge < -0.3 is 16.0 Å². The van der Waals surface area contributed by atoms with E-state index in [9.17, 15) is 14.4 Å². The Morgan fingerprint density at radius 2 is 1.61 bits per heavy atom. The van der Waals surface area contributed by atoms with Gasteiger partial charge in [0.1, 0.15) is 0 Å². The highest BCUT2D eigenvalue weighted by molar-refractivity contribution is 9.10. The first-order valence-corrected chi connectivity index (χ1v) is 11.8. The number of nitrogens with zero attached hydrogens (tertiary/aromatic N) is 1. The first kappa shape index (κ1) is 23.0. The van der Waals surface area contributed by atoms with Crippen molar-refractivity contribution in [3.8, 4) is 0 Å². The normalized spacial score (nSPS) is 10.4. The minimum atomic E-state index is -0.186. The molecule has 0 radical (unpaired) electrons. The van der Waals surface area contributed by atoms with Gasteiger partial charge in [0, 0.05) is 33.8 Å². The van der Waals surface area contributed by atoms with E-state index >= 15 is 0 Å². The van der Waals surface area contributed by atoms with E-state index < -0.39 is 0 Å². The third kappa shape index (κ3) is 7.82. The van der Waals surface area contributed by atoms with Crippen molar-refractivity contribution in [2.75, 3.05) is 21.7 Å². The van der Waals surface area contributed by atoms with Crippen LogP contribution in [0.3, 0.4) is 0 Å². The lowest BCUT2D eigenvalue weighted by atomic mass is 10.2. The molecule has 1 heterocycles. The van der Waals surface area contributed by atoms with Crippen LogP contribution in [-0.2, 0) is 20.8 Å². The molecule has 0 aliphatic rings. The molecule has 3 amide bonds. The maximum absolute atomic E-state index is 12.2. The molecular weight excluding hydrogens is 500 g/mol. The van der Waals surface area contributed by atoms with Crippen LogP contribution in [0.5, 0.6) is 0 Å². The van der Waals surface area contributed by atoms with Crippen molar-refractivity contribution < 1.29 is 14.4 Å². The number of anilines is 3. The molecule has 0 spiro atoms. The maximum atomic E-state index is 12.2. The quantitative estimate of drug-likeness (QED) is 0.372. The first-order valence-electron chi connectivity index (χ1n) is 9.17. The second kappa shape index (κ2) is 11.1. The molecule has 10 heteroatoms. The number of hydrogen-bond acceptors (Lipinski definition) is 6. The highest BCUT2D eigenvalue weighted by Gasteiger charge is 2.11. The molecule has 3 rings (SSSR count). The van der Waals surface area contributed by atoms with Gasteiger partial charge in [0.2, 0.25) is 17.7 Å². The average molecular weight is 519 g/mol. The SMILES string of the molecule is CC(=O)Nc1cccc(NC(=O)CSc2nc(CC(=O)Nc3cccc(Br)c3)cs2)c1. The number of benzene rings is 2. The summed E-state index contributed by atoms with van der Waals surface area (Å²) < 4.78 is 1.60. The minimum absolute atomic E-state index is 0.156. The van der Waals surface area contributed by atoms with E-state index in [1.165, 1.54) is 30.0 Å². The Labute approximate surface area is 196 Å². The summed E-state index contributed by atoms with van der Waals surface area (Å²) >= 11 is 6.07. The molecule has 0 saturated heterocycles. The summed E-state index contributed by atoms with van der Waals surface area (Å²) in [5.74, 6) is -0.337. The number of hydrogen-bond donors (Lipinski definition) is 3. The van der Waals surface area contributed by atoms with Crippen molar-refractivity contribution in [3.05, 3.63) is 64.1 Å². The van der Waals surface area contributed by atoms with Crippen molar-refractivity contribution >= 4 is 73.8 Å². The first-order chi connectivity index (χ1) is 14.9. The number of halogens is 1. The average Bonchev–Trinajstić information content (AvgIpc) is 3.13. The largest absolute Gasteiger partial charge is 0.326 e. The maximum Gasteiger partial charge on any atom is 0.234 e. The third-order valence-corrected chi connectivity index (χ3v) is 6.34. The summed E-state index contributed by atoms with van der Waals surface area (Å²) in [4.78, 5) is 40.0. The standard InChI is InChI=1S/C21H19BrN4O3S2/c1-13(27)23-16-6-3-7-17(9-16)25-20(29)12-31-21-26-18(11-30-21)10-19(28)24-15-5-2-4-14(22)8-15/h2-9,11H,10,12H2,1H3,(H,23,27)(H,24,28)(H,25,29). The third-order valence-electron chi connectivity index (χ3n) is 3.77. The number of thiazole rings is 1. The van der Waals surface area contributed by atoms with Gasteiger partial charge in [-0.2, -0.15) is 0 Å². The number of nitrogens with one attached hydrogen (secondary N) is 3. The molecule has 0 bridgehead atoms. The Kier molecular flexibility index (Phi) is 8.21. The van der Waals surface area contributed by atoms with Gasteiger partial charge in [0.25, 0.3) is 0 Å². The number of carbonyl (C=O) groups excluding carboxylic acids is 3. The molecule has 0 unspecified atom stereocenters. The molecule has 7 nitrogen and oxygen atoms in total. The topological polar surface area (TPSA) is 100 Å². The number of rotatable bonds is 8. The van der Waals surface area contributed by atoms with Gasteiger partial charge >= 0.3 is 0 Å². The predicted octanol–water partition coefficient (Wildman–Crippen LogP) is 4.78. The molecule has 3 aromatic rings. The summed E-state index contributed by atoms with van der Waals surface area (Å²) in [6.07, 6.45) is 0.158. The van der Waals surface area contributed by atoms with Crippen LogP contribution in [-0.4, -0.2) is 28.5 Å². The van der Waals surface area contributed by atoms with Gasteiger partial charge in [-0.15, -0.1) is 11.3 Å². The predicted molar refractivity (Wildman–Crippen MR) is 129 cm³/mol. The fourth-order valence-electron chi connectivity index (χ4n) is 2.57. The Morgan fingerprint density at radius 3 is 2.32 bits per heavy atom. The minimum Gasteiger partial charge on any atom is -0.326 e. The van der Waals surface area contributed by atoms with E-state index in [0.29, 0.717) is 27.1 Å². The van der Waals surface area contributed by atoms with Crippen molar-refractivity contribution in [1.82, 2.24) is 4.98 Å². The van der Waals surface area contributed by atoms with Crippen LogP contribution in [0.25, 0.3) is 0 Å². The van der Waals surface area contributed by atoms with Gasteiger partial charge in [0.05, 0.1) is 17.9 Å². The highest BCUT2D eigenvalue weighted by atomic mass is 79.9. The van der Waals surface area contributed by atoms with Crippen LogP contribution < -0.4 is 16.0 Å². The fraction of sp³-hybridized carbons (Fsp3) is 0.143. The molecule has 31 heavy (non-hydrogen) atoms. The lowest BCUT2D eigenvalue weighted by molar-refractivity contribution is -0.116. The van der Waals surface area contributed by atoms with Crippen LogP contribution >= 0.6 is 39.0 Å². The number of aromatic nitrogens is 1. The lowest BCUT2D eigenvalue weighted by Crippen LogP contribution is -2.15. The molecule has 2 aromatic carbocycles. The number of carbonyl (C=O) groups is 3. The van der Waals surface area contributed by atoms with Crippen LogP contribution in [0, 0.1) is 0 Å². The summed E-state index contributed by atoms with van der Waals surface area (Å²) in [6.45, 7) is 1.43. The summed E-state index contributed by atoms with van der Waals surface area (Å²) in [5.41, 5.74) is 2.58. The molecule has 3 N–H and O–H groups in total. The van der Waals surface area contributed by atoms with Gasteiger partial charge in [-0.1, -0.05) is 39.8 Å². The molecule has 160 valence electrons. The van der Waals surface area contributed by atoms with Crippen LogP contribution in [0.1, 0.15) is 12.6 Å². The van der Waals surface area contributed by atoms with Crippen molar-refractivity contribution in [1.29, 1.82) is 0 Å². The fourth-order valence-corrected chi connectivity index (χ4v) is 4.62. The van der Waals surface area contributed by atoms with Gasteiger partial charge in [-0.25, -0.2) is 4.98 Å². The molecular formula is C21H19BrN4O3S2. The monoisotopic (exact) mass is 518 g/mol. The van der Waals surface area contributed by atoms with Crippen LogP contribution in [0.2, 0.25) is 0 Å². The molecule has 0 saturated carbocycles. The molecule has 0 atom stereocenters. The lowest BCUT2D eigenvalue weighted by Gasteiger charge is -2.07. The van der Waals surface area contributed by atoms with Gasteiger partial charge in [-0.05, 0) is 36.4 Å². The molecule has 0 fully saturated rings. The van der Waals surface area contributed by atoms with E-state index in [2.05, 4.69) is 36.9 Å². The summed E-state index contributed by atoms with van der Waals surface area (Å²) in [5, 5.41) is 10.1. The van der Waals surface area contributed by atoms with E-state index in [-0.39, 0.29) is 29.9 Å². The Morgan fingerprint density at radius 1 is 0.968 bits per heavy atom. The van der Waals surface area contributed by atoms with E-state index in [0.717, 1.165) is 4.47 Å². The zero-order valence-electron chi connectivity index (χ0n) is 16.5. The van der Waals surface area contributed by atoms with E-state index in [1.54, 1.807) is 24.3 Å². The summed E-state index contributed by atoms with van der Waals surface area (Å²) in [6, 6.07) is 14.3. The van der Waals surface area contributed by atoms with Gasteiger partial charge in [-0.3, -0.25) is 14.4 Å². The zero-order valence-corrected chi connectivity index (χ0v) is 19.7. The van der Waals surface area contributed by atoms with Crippen LogP contribution in [0.15, 0.2) is 62.7 Å². The molecule has 0 aliphatic heterocycles. The van der Waals surface area contributed by atoms with Crippen molar-refractivity contribution in [2.24, 2.45) is 0 Å². The number of thioether (sulfide) groups is 1. The Hall–Kier alpha value is -2.69. The Balaban J connectivity index is 1.47. The second-order valence-corrected chi connectivity index (χ2v) is 9.44. The highest BCUT2D eigenvalue weighted by Crippen LogP contribution is 2.24. The molecule has 1 aromatic heterocycles. The van der Waals surface area contributed by atoms with E-state index in [1.807, 2.05) is 29.6 Å². The van der Waals surface area contributed by atoms with E-state index in [4.69, 9.17) is 0 Å². The van der Waals surface area contributed by atoms with Crippen LogP contribution in [0.4, 0.5) is 17.1 Å². The van der Waals surface area contributed by atoms with Gasteiger partial charge in [0.15, 0.2) is 4.34 Å². The van der Waals surface area contributed by atoms with Crippen molar-refractivity contribution in [2.45, 2.75) is 17.7 Å². The molecule has 0 aliphatic carbocycles. The zero-order chi connectivity index (χ0) is 22.2. The Bertz CT molecular complexity index is 1100. The number of amides is 3.